The fraction of sp³-hybridized carbons (Fsp3) is 0.423. The third kappa shape index (κ3) is 6.85. The molecule has 184 valence electrons. The van der Waals surface area contributed by atoms with Crippen molar-refractivity contribution in [2.24, 2.45) is 0 Å². The third-order valence-electron chi connectivity index (χ3n) is 5.60. The zero-order valence-electron chi connectivity index (χ0n) is 20.0. The number of benzene rings is 2. The summed E-state index contributed by atoms with van der Waals surface area (Å²) in [5.74, 6) is -0.446. The van der Waals surface area contributed by atoms with Crippen molar-refractivity contribution in [1.29, 1.82) is 0 Å². The molecular weight excluding hydrogens is 440 g/mol. The van der Waals surface area contributed by atoms with E-state index < -0.39 is 11.9 Å². The van der Waals surface area contributed by atoms with E-state index in [9.17, 15) is 13.9 Å². The van der Waals surface area contributed by atoms with Crippen molar-refractivity contribution in [3.63, 3.8) is 0 Å². The number of aromatic nitrogens is 2. The summed E-state index contributed by atoms with van der Waals surface area (Å²) in [5, 5.41) is 15.2. The van der Waals surface area contributed by atoms with E-state index in [1.54, 1.807) is 42.1 Å². The molecule has 2 aromatic carbocycles. The van der Waals surface area contributed by atoms with E-state index in [4.69, 9.17) is 9.47 Å². The number of aryl methyl sites for hydroxylation is 1. The zero-order valence-corrected chi connectivity index (χ0v) is 20.0. The summed E-state index contributed by atoms with van der Waals surface area (Å²) in [5.41, 5.74) is 2.04. The Labute approximate surface area is 199 Å². The summed E-state index contributed by atoms with van der Waals surface area (Å²) in [6, 6.07) is 12.0. The van der Waals surface area contributed by atoms with Gasteiger partial charge in [0.05, 0.1) is 29.7 Å². The maximum atomic E-state index is 14.5. The van der Waals surface area contributed by atoms with Gasteiger partial charge in [-0.2, -0.15) is 5.10 Å². The number of hydrogen-bond donors (Lipinski definition) is 1. The van der Waals surface area contributed by atoms with Crippen molar-refractivity contribution < 1.29 is 23.4 Å². The van der Waals surface area contributed by atoms with Gasteiger partial charge in [0.2, 0.25) is 5.88 Å². The smallest absolute Gasteiger partial charge is 0.227 e. The molecule has 0 amide bonds. The Kier molecular flexibility index (Phi) is 9.56. The number of hydrogen-bond acceptors (Lipinski definition) is 5. The molecule has 0 radical (unpaired) electrons. The minimum absolute atomic E-state index is 0.0680. The summed E-state index contributed by atoms with van der Waals surface area (Å²) >= 11 is 0. The molecule has 0 saturated heterocycles. The standard InChI is InChI=1S/C26H33F2N3O3/c1-4-5-8-22(32)17-30(15-16-33-3)18-23-19(2)29-31(21-13-11-20(27)12-14-21)26(23)34-25-10-7-6-9-24(25)28/h6-7,9-14,22,32H,4-5,8,15-18H2,1-3H3. The Morgan fingerprint density at radius 3 is 2.53 bits per heavy atom. The first-order valence-electron chi connectivity index (χ1n) is 11.6. The Bertz CT molecular complexity index is 1040. The van der Waals surface area contributed by atoms with Crippen molar-refractivity contribution in [2.45, 2.75) is 45.8 Å². The van der Waals surface area contributed by atoms with E-state index in [2.05, 4.69) is 16.9 Å². The minimum atomic E-state index is -0.496. The second kappa shape index (κ2) is 12.6. The summed E-state index contributed by atoms with van der Waals surface area (Å²) < 4.78 is 40.9. The Morgan fingerprint density at radius 2 is 1.85 bits per heavy atom. The SMILES string of the molecule is CCCCC(O)CN(CCOC)Cc1c(C)nn(-c2ccc(F)cc2)c1Oc1ccccc1F. The largest absolute Gasteiger partial charge is 0.435 e. The molecule has 0 aliphatic rings. The van der Waals surface area contributed by atoms with Crippen LogP contribution in [0.1, 0.15) is 37.4 Å². The van der Waals surface area contributed by atoms with Crippen LogP contribution < -0.4 is 4.74 Å². The number of aliphatic hydroxyl groups is 1. The molecule has 0 saturated carbocycles. The molecule has 1 atom stereocenters. The van der Waals surface area contributed by atoms with E-state index in [1.807, 2.05) is 6.92 Å². The first-order valence-corrected chi connectivity index (χ1v) is 11.6. The number of nitrogens with zero attached hydrogens (tertiary/aromatic N) is 3. The van der Waals surface area contributed by atoms with Gasteiger partial charge >= 0.3 is 0 Å². The second-order valence-electron chi connectivity index (χ2n) is 8.31. The molecule has 1 unspecified atom stereocenters. The molecule has 1 N–H and O–H groups in total. The fourth-order valence-corrected chi connectivity index (χ4v) is 3.72. The Hall–Kier alpha value is -2.81. The fourth-order valence-electron chi connectivity index (χ4n) is 3.72. The monoisotopic (exact) mass is 473 g/mol. The van der Waals surface area contributed by atoms with Gasteiger partial charge in [-0.25, -0.2) is 13.5 Å². The quantitative estimate of drug-likeness (QED) is 0.367. The summed E-state index contributed by atoms with van der Waals surface area (Å²) in [6.45, 7) is 5.92. The minimum Gasteiger partial charge on any atom is -0.435 e. The van der Waals surface area contributed by atoms with Crippen LogP contribution in [0, 0.1) is 18.6 Å². The van der Waals surface area contributed by atoms with Crippen LogP contribution in [0.15, 0.2) is 48.5 Å². The highest BCUT2D eigenvalue weighted by molar-refractivity contribution is 5.43. The first kappa shape index (κ1) is 25.8. The molecule has 34 heavy (non-hydrogen) atoms. The van der Waals surface area contributed by atoms with E-state index >= 15 is 0 Å². The van der Waals surface area contributed by atoms with Crippen LogP contribution in [-0.4, -0.2) is 52.7 Å². The Morgan fingerprint density at radius 1 is 1.12 bits per heavy atom. The molecule has 3 rings (SSSR count). The number of ether oxygens (including phenoxy) is 2. The van der Waals surface area contributed by atoms with Crippen molar-refractivity contribution in [2.75, 3.05) is 26.8 Å². The highest BCUT2D eigenvalue weighted by Crippen LogP contribution is 2.33. The van der Waals surface area contributed by atoms with Gasteiger partial charge in [-0.3, -0.25) is 4.90 Å². The van der Waals surface area contributed by atoms with Gasteiger partial charge in [-0.15, -0.1) is 0 Å². The highest BCUT2D eigenvalue weighted by atomic mass is 19.1. The average Bonchev–Trinajstić information content (AvgIpc) is 3.12. The van der Waals surface area contributed by atoms with E-state index in [1.165, 1.54) is 18.2 Å². The summed E-state index contributed by atoms with van der Waals surface area (Å²) in [6.07, 6.45) is 2.20. The molecule has 8 heteroatoms. The maximum absolute atomic E-state index is 14.5. The molecule has 0 spiro atoms. The van der Waals surface area contributed by atoms with E-state index in [-0.39, 0.29) is 11.6 Å². The van der Waals surface area contributed by atoms with E-state index in [0.717, 1.165) is 18.4 Å². The molecule has 1 heterocycles. The molecule has 1 aromatic heterocycles. The third-order valence-corrected chi connectivity index (χ3v) is 5.60. The van der Waals surface area contributed by atoms with Crippen LogP contribution in [-0.2, 0) is 11.3 Å². The van der Waals surface area contributed by atoms with Crippen LogP contribution in [0.25, 0.3) is 5.69 Å². The number of aliphatic hydroxyl groups excluding tert-OH is 1. The van der Waals surface area contributed by atoms with Crippen LogP contribution >= 0.6 is 0 Å². The van der Waals surface area contributed by atoms with Crippen molar-refractivity contribution >= 4 is 0 Å². The maximum Gasteiger partial charge on any atom is 0.227 e. The van der Waals surface area contributed by atoms with Crippen molar-refractivity contribution in [1.82, 2.24) is 14.7 Å². The number of unbranched alkanes of at least 4 members (excludes halogenated alkanes) is 1. The summed E-state index contributed by atoms with van der Waals surface area (Å²) in [4.78, 5) is 2.08. The lowest BCUT2D eigenvalue weighted by molar-refractivity contribution is 0.0786. The van der Waals surface area contributed by atoms with Gasteiger partial charge in [-0.1, -0.05) is 31.9 Å². The average molecular weight is 474 g/mol. The van der Waals surface area contributed by atoms with E-state index in [0.29, 0.717) is 49.9 Å². The van der Waals surface area contributed by atoms with Crippen molar-refractivity contribution in [3.8, 4) is 17.3 Å². The number of methoxy groups -OCH3 is 1. The van der Waals surface area contributed by atoms with Crippen LogP contribution in [0.2, 0.25) is 0 Å². The molecule has 0 aliphatic heterocycles. The number of rotatable bonds is 13. The first-order chi connectivity index (χ1) is 16.4. The molecule has 3 aromatic rings. The molecule has 0 aliphatic carbocycles. The lowest BCUT2D eigenvalue weighted by atomic mass is 10.1. The topological polar surface area (TPSA) is 59.8 Å². The summed E-state index contributed by atoms with van der Waals surface area (Å²) in [7, 11) is 1.64. The lowest BCUT2D eigenvalue weighted by Gasteiger charge is -2.25. The molecule has 0 bridgehead atoms. The predicted octanol–water partition coefficient (Wildman–Crippen LogP) is 5.25. The van der Waals surface area contributed by atoms with Gasteiger partial charge in [-0.05, 0) is 49.7 Å². The van der Waals surface area contributed by atoms with Crippen LogP contribution in [0.3, 0.4) is 0 Å². The number of halogens is 2. The van der Waals surface area contributed by atoms with Gasteiger partial charge < -0.3 is 14.6 Å². The normalized spacial score (nSPS) is 12.3. The zero-order chi connectivity index (χ0) is 24.5. The van der Waals surface area contributed by atoms with Gasteiger partial charge in [0, 0.05) is 26.7 Å². The molecular formula is C26H33F2N3O3. The molecule has 0 fully saturated rings. The highest BCUT2D eigenvalue weighted by Gasteiger charge is 2.23. The second-order valence-corrected chi connectivity index (χ2v) is 8.31. The predicted molar refractivity (Wildman–Crippen MR) is 127 cm³/mol. The lowest BCUT2D eigenvalue weighted by Crippen LogP contribution is -2.34. The Balaban J connectivity index is 1.98. The van der Waals surface area contributed by atoms with Gasteiger partial charge in [0.15, 0.2) is 11.6 Å². The molecule has 6 nitrogen and oxygen atoms in total. The van der Waals surface area contributed by atoms with Gasteiger partial charge in [0.1, 0.15) is 5.82 Å². The van der Waals surface area contributed by atoms with Crippen molar-refractivity contribution in [3.05, 3.63) is 71.4 Å². The van der Waals surface area contributed by atoms with Crippen LogP contribution in [0.5, 0.6) is 11.6 Å². The van der Waals surface area contributed by atoms with Gasteiger partial charge in [0.25, 0.3) is 0 Å². The number of para-hydroxylation sites is 1. The van der Waals surface area contributed by atoms with Crippen LogP contribution in [0.4, 0.5) is 8.78 Å².